The lowest BCUT2D eigenvalue weighted by molar-refractivity contribution is 0.0784. The van der Waals surface area contributed by atoms with Crippen molar-refractivity contribution in [2.24, 2.45) is 5.92 Å². The Morgan fingerprint density at radius 3 is 2.96 bits per heavy atom. The summed E-state index contributed by atoms with van der Waals surface area (Å²) < 4.78 is 13.5. The third kappa shape index (κ3) is 2.79. The predicted molar refractivity (Wildman–Crippen MR) is 85.4 cm³/mol. The first kappa shape index (κ1) is 15.2. The van der Waals surface area contributed by atoms with E-state index in [1.165, 1.54) is 0 Å². The van der Waals surface area contributed by atoms with Crippen LogP contribution in [-0.2, 0) is 0 Å². The highest BCUT2D eigenvalue weighted by atomic mass is 19.1. The van der Waals surface area contributed by atoms with Crippen LogP contribution in [0.1, 0.15) is 52.4 Å². The number of aromatic nitrogens is 4. The van der Waals surface area contributed by atoms with E-state index in [-0.39, 0.29) is 17.7 Å². The van der Waals surface area contributed by atoms with Crippen molar-refractivity contribution in [1.82, 2.24) is 25.1 Å². The lowest BCUT2D eigenvalue weighted by Crippen LogP contribution is -2.29. The number of nitrogens with zero attached hydrogens (tertiary/aromatic N) is 4. The van der Waals surface area contributed by atoms with Gasteiger partial charge in [-0.3, -0.25) is 19.3 Å². The molecule has 2 fully saturated rings. The Labute approximate surface area is 139 Å². The number of carbonyl (C=O) groups is 1. The number of carbonyl (C=O) groups excluding carboxylic acids is 1. The van der Waals surface area contributed by atoms with Gasteiger partial charge in [-0.2, -0.15) is 5.10 Å². The van der Waals surface area contributed by atoms with Gasteiger partial charge in [-0.05, 0) is 31.9 Å². The Hall–Kier alpha value is -2.31. The predicted octanol–water partition coefficient (Wildman–Crippen LogP) is 2.21. The number of amides is 1. The van der Waals surface area contributed by atoms with Crippen LogP contribution in [0, 0.1) is 12.8 Å². The Balaban J connectivity index is 1.53. The average molecular weight is 329 g/mol. The molecule has 3 heterocycles. The number of H-pyrrole nitrogens is 1. The van der Waals surface area contributed by atoms with E-state index < -0.39 is 6.67 Å². The van der Waals surface area contributed by atoms with Gasteiger partial charge in [0.1, 0.15) is 5.82 Å². The summed E-state index contributed by atoms with van der Waals surface area (Å²) in [5.41, 5.74) is 1.39. The summed E-state index contributed by atoms with van der Waals surface area (Å²) in [6.45, 7) is 2.25. The number of rotatable bonds is 4. The van der Waals surface area contributed by atoms with Gasteiger partial charge in [-0.1, -0.05) is 0 Å². The fourth-order valence-corrected chi connectivity index (χ4v) is 3.34. The van der Waals surface area contributed by atoms with Gasteiger partial charge in [-0.25, -0.2) is 4.98 Å². The van der Waals surface area contributed by atoms with Gasteiger partial charge in [0.15, 0.2) is 5.82 Å². The molecule has 1 saturated heterocycles. The van der Waals surface area contributed by atoms with Crippen LogP contribution in [0.15, 0.2) is 18.3 Å². The second-order valence-electron chi connectivity index (χ2n) is 6.77. The largest absolute Gasteiger partial charge is 0.337 e. The fraction of sp³-hybridized carbons (Fsp3) is 0.529. The van der Waals surface area contributed by atoms with E-state index in [4.69, 9.17) is 0 Å². The van der Waals surface area contributed by atoms with E-state index in [0.29, 0.717) is 30.4 Å². The Morgan fingerprint density at radius 1 is 1.42 bits per heavy atom. The van der Waals surface area contributed by atoms with Crippen LogP contribution in [-0.4, -0.2) is 50.7 Å². The van der Waals surface area contributed by atoms with Crippen LogP contribution in [0.3, 0.4) is 0 Å². The second kappa shape index (κ2) is 5.96. The van der Waals surface area contributed by atoms with E-state index in [9.17, 15) is 9.18 Å². The van der Waals surface area contributed by atoms with Crippen LogP contribution in [0.5, 0.6) is 0 Å². The highest BCUT2D eigenvalue weighted by Gasteiger charge is 2.39. The van der Waals surface area contributed by atoms with E-state index in [0.717, 1.165) is 24.4 Å². The molecule has 2 aliphatic rings. The molecular formula is C17H20FN5O. The summed E-state index contributed by atoms with van der Waals surface area (Å²) in [5, 5.41) is 7.23. The molecule has 1 N–H and O–H groups in total. The number of aryl methyl sites for hydroxylation is 1. The minimum atomic E-state index is -0.469. The first-order valence-electron chi connectivity index (χ1n) is 8.35. The summed E-state index contributed by atoms with van der Waals surface area (Å²) in [6.07, 6.45) is 3.88. The van der Waals surface area contributed by atoms with Gasteiger partial charge in [0.25, 0.3) is 5.91 Å². The van der Waals surface area contributed by atoms with E-state index in [1.807, 2.05) is 6.92 Å². The molecule has 2 aromatic rings. The summed E-state index contributed by atoms with van der Waals surface area (Å²) >= 11 is 0. The molecule has 2 aromatic heterocycles. The van der Waals surface area contributed by atoms with Gasteiger partial charge >= 0.3 is 0 Å². The monoisotopic (exact) mass is 329 g/mol. The number of aromatic amines is 1. The first-order chi connectivity index (χ1) is 11.7. The molecule has 1 aliphatic heterocycles. The van der Waals surface area contributed by atoms with E-state index >= 15 is 0 Å². The summed E-state index contributed by atoms with van der Waals surface area (Å²) in [6, 6.07) is 3.46. The molecule has 24 heavy (non-hydrogen) atoms. The molecule has 1 aliphatic carbocycles. The molecular weight excluding hydrogens is 309 g/mol. The average Bonchev–Trinajstić information content (AvgIpc) is 3.17. The zero-order valence-corrected chi connectivity index (χ0v) is 13.6. The lowest BCUT2D eigenvalue weighted by Gasteiger charge is -2.16. The SMILES string of the molecule is Cc1cc(C(=O)N2C[C@@H](CF)[C@H](c3nc(C4CC4)n[nH]3)C2)ccn1. The van der Waals surface area contributed by atoms with Gasteiger partial charge in [0.05, 0.1) is 6.67 Å². The normalized spacial score (nSPS) is 23.7. The van der Waals surface area contributed by atoms with Crippen LogP contribution in [0.25, 0.3) is 0 Å². The maximum Gasteiger partial charge on any atom is 0.254 e. The number of likely N-dealkylation sites (tertiary alicyclic amines) is 1. The number of hydrogen-bond acceptors (Lipinski definition) is 4. The number of pyridine rings is 1. The van der Waals surface area contributed by atoms with Gasteiger partial charge in [-0.15, -0.1) is 0 Å². The van der Waals surface area contributed by atoms with E-state index in [1.54, 1.807) is 23.2 Å². The molecule has 0 radical (unpaired) electrons. The number of nitrogens with one attached hydrogen (secondary N) is 1. The van der Waals surface area contributed by atoms with Crippen molar-refractivity contribution in [3.8, 4) is 0 Å². The van der Waals surface area contributed by atoms with Gasteiger partial charge in [0, 0.05) is 48.3 Å². The second-order valence-corrected chi connectivity index (χ2v) is 6.77. The van der Waals surface area contributed by atoms with Crippen molar-refractivity contribution in [1.29, 1.82) is 0 Å². The minimum Gasteiger partial charge on any atom is -0.337 e. The Bertz CT molecular complexity index is 757. The smallest absolute Gasteiger partial charge is 0.254 e. The molecule has 6 nitrogen and oxygen atoms in total. The van der Waals surface area contributed by atoms with Crippen LogP contribution >= 0.6 is 0 Å². The van der Waals surface area contributed by atoms with Gasteiger partial charge < -0.3 is 4.90 Å². The maximum atomic E-state index is 13.5. The quantitative estimate of drug-likeness (QED) is 0.933. The first-order valence-corrected chi connectivity index (χ1v) is 8.35. The fourth-order valence-electron chi connectivity index (χ4n) is 3.34. The molecule has 7 heteroatoms. The summed E-state index contributed by atoms with van der Waals surface area (Å²) in [5.74, 6) is 1.55. The molecule has 0 bridgehead atoms. The number of halogens is 1. The Morgan fingerprint density at radius 2 is 2.25 bits per heavy atom. The maximum absolute atomic E-state index is 13.5. The Kier molecular flexibility index (Phi) is 3.78. The third-order valence-corrected chi connectivity index (χ3v) is 4.88. The van der Waals surface area contributed by atoms with Crippen molar-refractivity contribution >= 4 is 5.91 Å². The molecule has 2 atom stereocenters. The molecule has 1 amide bonds. The van der Waals surface area contributed by atoms with Crippen molar-refractivity contribution in [3.63, 3.8) is 0 Å². The van der Waals surface area contributed by atoms with Crippen molar-refractivity contribution in [2.75, 3.05) is 19.8 Å². The molecule has 0 spiro atoms. The zero-order chi connectivity index (χ0) is 16.7. The van der Waals surface area contributed by atoms with Crippen LogP contribution in [0.2, 0.25) is 0 Å². The topological polar surface area (TPSA) is 74.8 Å². The van der Waals surface area contributed by atoms with Gasteiger partial charge in [0.2, 0.25) is 0 Å². The van der Waals surface area contributed by atoms with Crippen molar-refractivity contribution < 1.29 is 9.18 Å². The molecule has 4 rings (SSSR count). The molecule has 0 unspecified atom stereocenters. The molecule has 1 saturated carbocycles. The highest BCUT2D eigenvalue weighted by molar-refractivity contribution is 5.94. The molecule has 126 valence electrons. The van der Waals surface area contributed by atoms with E-state index in [2.05, 4.69) is 20.2 Å². The highest BCUT2D eigenvalue weighted by Crippen LogP contribution is 2.39. The molecule has 0 aromatic carbocycles. The summed E-state index contributed by atoms with van der Waals surface area (Å²) in [4.78, 5) is 23.1. The number of alkyl halides is 1. The van der Waals surface area contributed by atoms with Crippen LogP contribution in [0.4, 0.5) is 4.39 Å². The minimum absolute atomic E-state index is 0.0802. The standard InChI is InChI=1S/C17H20FN5O/c1-10-6-12(4-5-19-10)17(24)23-8-13(7-18)14(9-23)16-20-15(21-22-16)11-2-3-11/h4-6,11,13-14H,2-3,7-9H2,1H3,(H,20,21,22)/t13-,14-/m1/s1. The van der Waals surface area contributed by atoms with Crippen molar-refractivity contribution in [2.45, 2.75) is 31.6 Å². The third-order valence-electron chi connectivity index (χ3n) is 4.88. The zero-order valence-electron chi connectivity index (χ0n) is 13.6. The lowest BCUT2D eigenvalue weighted by atomic mass is 9.97. The number of hydrogen-bond donors (Lipinski definition) is 1. The summed E-state index contributed by atoms with van der Waals surface area (Å²) in [7, 11) is 0. The van der Waals surface area contributed by atoms with Crippen LogP contribution < -0.4 is 0 Å². The van der Waals surface area contributed by atoms with Crippen molar-refractivity contribution in [3.05, 3.63) is 41.2 Å².